The van der Waals surface area contributed by atoms with Crippen LogP contribution in [0.15, 0.2) is 36.4 Å². The number of hydrazine groups is 1. The number of esters is 1. The molecule has 25 heavy (non-hydrogen) atoms. The fourth-order valence-corrected chi connectivity index (χ4v) is 2.05. The second-order valence-corrected chi connectivity index (χ2v) is 5.14. The molecule has 0 radical (unpaired) electrons. The molecule has 0 saturated heterocycles. The van der Waals surface area contributed by atoms with Gasteiger partial charge in [0.25, 0.3) is 11.8 Å². The fourth-order valence-electron chi connectivity index (χ4n) is 2.05. The van der Waals surface area contributed by atoms with E-state index in [1.807, 2.05) is 19.1 Å². The van der Waals surface area contributed by atoms with Gasteiger partial charge in [-0.25, -0.2) is 4.79 Å². The first kappa shape index (κ1) is 20.2. The van der Waals surface area contributed by atoms with E-state index in [0.717, 1.165) is 18.8 Å². The number of benzene rings is 1. The van der Waals surface area contributed by atoms with Crippen LogP contribution in [0.25, 0.3) is 0 Å². The van der Waals surface area contributed by atoms with Crippen LogP contribution in [-0.2, 0) is 14.3 Å². The number of hydrogen-bond donors (Lipinski definition) is 2. The first-order valence-corrected chi connectivity index (χ1v) is 8.29. The van der Waals surface area contributed by atoms with Gasteiger partial charge in [0.05, 0.1) is 0 Å². The number of rotatable bonds is 8. The number of carbonyl (C=O) groups is 3. The molecule has 0 fully saturated rings. The van der Waals surface area contributed by atoms with Crippen molar-refractivity contribution in [3.8, 4) is 0 Å². The van der Waals surface area contributed by atoms with Gasteiger partial charge in [-0.2, -0.15) is 0 Å². The SMILES string of the molecule is CC/C=C/C(=O)OCC(=O)NNC(=O)c1ccc(N(CC)CC)cc1. The molecule has 0 spiro atoms. The summed E-state index contributed by atoms with van der Waals surface area (Å²) in [4.78, 5) is 36.9. The summed E-state index contributed by atoms with van der Waals surface area (Å²) in [7, 11) is 0. The van der Waals surface area contributed by atoms with E-state index in [9.17, 15) is 14.4 Å². The van der Waals surface area contributed by atoms with Gasteiger partial charge in [-0.1, -0.05) is 13.0 Å². The Bertz CT molecular complexity index is 607. The molecule has 0 aliphatic heterocycles. The summed E-state index contributed by atoms with van der Waals surface area (Å²) in [5.41, 5.74) is 5.92. The summed E-state index contributed by atoms with van der Waals surface area (Å²) in [6.45, 7) is 7.29. The minimum absolute atomic E-state index is 0.416. The van der Waals surface area contributed by atoms with Crippen LogP contribution in [-0.4, -0.2) is 37.5 Å². The lowest BCUT2D eigenvalue weighted by molar-refractivity contribution is -0.144. The Morgan fingerprint density at radius 3 is 2.24 bits per heavy atom. The third-order valence-corrected chi connectivity index (χ3v) is 3.41. The van der Waals surface area contributed by atoms with Crippen LogP contribution in [0.3, 0.4) is 0 Å². The topological polar surface area (TPSA) is 87.7 Å². The minimum atomic E-state index is -0.619. The molecular formula is C18H25N3O4. The molecule has 7 heteroatoms. The van der Waals surface area contributed by atoms with Gasteiger partial charge in [-0.3, -0.25) is 20.4 Å². The highest BCUT2D eigenvalue weighted by Crippen LogP contribution is 2.14. The molecule has 1 aromatic rings. The maximum atomic E-state index is 12.0. The zero-order valence-corrected chi connectivity index (χ0v) is 14.9. The van der Waals surface area contributed by atoms with Crippen molar-refractivity contribution in [2.75, 3.05) is 24.6 Å². The lowest BCUT2D eigenvalue weighted by Gasteiger charge is -2.21. The van der Waals surface area contributed by atoms with E-state index in [-0.39, 0.29) is 0 Å². The Morgan fingerprint density at radius 2 is 1.68 bits per heavy atom. The predicted molar refractivity (Wildman–Crippen MR) is 96.0 cm³/mol. The van der Waals surface area contributed by atoms with Gasteiger partial charge in [0.15, 0.2) is 6.61 Å². The molecular weight excluding hydrogens is 322 g/mol. The molecule has 0 unspecified atom stereocenters. The molecule has 1 rings (SSSR count). The van der Waals surface area contributed by atoms with Crippen LogP contribution < -0.4 is 15.8 Å². The number of carbonyl (C=O) groups excluding carboxylic acids is 3. The third-order valence-electron chi connectivity index (χ3n) is 3.41. The number of nitrogens with zero attached hydrogens (tertiary/aromatic N) is 1. The average Bonchev–Trinajstić information content (AvgIpc) is 2.64. The van der Waals surface area contributed by atoms with E-state index < -0.39 is 24.4 Å². The van der Waals surface area contributed by atoms with E-state index >= 15 is 0 Å². The molecule has 0 aromatic heterocycles. The lowest BCUT2D eigenvalue weighted by Crippen LogP contribution is -2.43. The average molecular weight is 347 g/mol. The second kappa shape index (κ2) is 10.9. The van der Waals surface area contributed by atoms with Crippen molar-refractivity contribution in [1.82, 2.24) is 10.9 Å². The van der Waals surface area contributed by atoms with Gasteiger partial charge in [0.2, 0.25) is 0 Å². The summed E-state index contributed by atoms with van der Waals surface area (Å²) < 4.78 is 4.72. The number of nitrogens with one attached hydrogen (secondary N) is 2. The molecule has 136 valence electrons. The number of allylic oxidation sites excluding steroid dienone is 1. The maximum Gasteiger partial charge on any atom is 0.330 e. The monoisotopic (exact) mass is 347 g/mol. The van der Waals surface area contributed by atoms with Crippen molar-refractivity contribution in [3.05, 3.63) is 42.0 Å². The number of anilines is 1. The van der Waals surface area contributed by atoms with E-state index in [1.54, 1.807) is 18.2 Å². The molecule has 0 bridgehead atoms. The van der Waals surface area contributed by atoms with Crippen LogP contribution in [0.1, 0.15) is 37.6 Å². The Hall–Kier alpha value is -2.83. The van der Waals surface area contributed by atoms with Crippen molar-refractivity contribution >= 4 is 23.5 Å². The van der Waals surface area contributed by atoms with Crippen LogP contribution >= 0.6 is 0 Å². The zero-order chi connectivity index (χ0) is 18.7. The number of hydrogen-bond acceptors (Lipinski definition) is 5. The molecule has 7 nitrogen and oxygen atoms in total. The Morgan fingerprint density at radius 1 is 1.04 bits per heavy atom. The summed E-state index contributed by atoms with van der Waals surface area (Å²) in [6, 6.07) is 7.08. The molecule has 2 N–H and O–H groups in total. The Kier molecular flexibility index (Phi) is 8.78. The molecule has 0 atom stereocenters. The zero-order valence-electron chi connectivity index (χ0n) is 14.9. The number of amides is 2. The van der Waals surface area contributed by atoms with E-state index in [1.165, 1.54) is 6.08 Å². The quantitative estimate of drug-likeness (QED) is 0.425. The van der Waals surface area contributed by atoms with Crippen molar-refractivity contribution in [2.45, 2.75) is 27.2 Å². The molecule has 0 saturated carbocycles. The van der Waals surface area contributed by atoms with Gasteiger partial charge in [0.1, 0.15) is 0 Å². The summed E-state index contributed by atoms with van der Waals surface area (Å²) in [5.74, 6) is -1.67. The van der Waals surface area contributed by atoms with Crippen molar-refractivity contribution in [3.63, 3.8) is 0 Å². The summed E-state index contributed by atoms with van der Waals surface area (Å²) in [5, 5.41) is 0. The first-order valence-electron chi connectivity index (χ1n) is 8.29. The largest absolute Gasteiger partial charge is 0.452 e. The summed E-state index contributed by atoms with van der Waals surface area (Å²) >= 11 is 0. The molecule has 1 aromatic carbocycles. The molecule has 0 heterocycles. The molecule has 0 aliphatic rings. The van der Waals surface area contributed by atoms with Gasteiger partial charge < -0.3 is 9.64 Å². The lowest BCUT2D eigenvalue weighted by atomic mass is 10.2. The van der Waals surface area contributed by atoms with Crippen LogP contribution in [0.5, 0.6) is 0 Å². The smallest absolute Gasteiger partial charge is 0.330 e. The van der Waals surface area contributed by atoms with Crippen molar-refractivity contribution < 1.29 is 19.1 Å². The molecule has 0 aliphatic carbocycles. The van der Waals surface area contributed by atoms with Crippen molar-refractivity contribution in [1.29, 1.82) is 0 Å². The first-order chi connectivity index (χ1) is 12.0. The van der Waals surface area contributed by atoms with Crippen LogP contribution in [0.4, 0.5) is 5.69 Å². The number of ether oxygens (including phenoxy) is 1. The Labute approximate surface area is 148 Å². The molecule has 2 amide bonds. The normalized spacial score (nSPS) is 10.4. The summed E-state index contributed by atoms with van der Waals surface area (Å²) in [6.07, 6.45) is 3.58. The third kappa shape index (κ3) is 7.07. The van der Waals surface area contributed by atoms with Gasteiger partial charge in [0, 0.05) is 30.4 Å². The second-order valence-electron chi connectivity index (χ2n) is 5.14. The maximum absolute atomic E-state index is 12.0. The fraction of sp³-hybridized carbons (Fsp3) is 0.389. The standard InChI is InChI=1S/C18H25N3O4/c1-4-7-8-17(23)25-13-16(22)19-20-18(24)14-9-11-15(12-10-14)21(5-2)6-3/h7-12H,4-6,13H2,1-3H3,(H,19,22)(H,20,24)/b8-7+. The van der Waals surface area contributed by atoms with E-state index in [0.29, 0.717) is 12.0 Å². The van der Waals surface area contributed by atoms with E-state index in [2.05, 4.69) is 29.6 Å². The highest BCUT2D eigenvalue weighted by Gasteiger charge is 2.09. The van der Waals surface area contributed by atoms with Crippen LogP contribution in [0, 0.1) is 0 Å². The predicted octanol–water partition coefficient (Wildman–Crippen LogP) is 1.80. The van der Waals surface area contributed by atoms with Crippen LogP contribution in [0.2, 0.25) is 0 Å². The highest BCUT2D eigenvalue weighted by atomic mass is 16.5. The van der Waals surface area contributed by atoms with Crippen molar-refractivity contribution in [2.24, 2.45) is 0 Å². The van der Waals surface area contributed by atoms with Gasteiger partial charge in [-0.15, -0.1) is 0 Å². The highest BCUT2D eigenvalue weighted by molar-refractivity contribution is 5.96. The van der Waals surface area contributed by atoms with Gasteiger partial charge >= 0.3 is 5.97 Å². The van der Waals surface area contributed by atoms with Gasteiger partial charge in [-0.05, 0) is 44.5 Å². The Balaban J connectivity index is 2.44. The van der Waals surface area contributed by atoms with E-state index in [4.69, 9.17) is 4.74 Å². The minimum Gasteiger partial charge on any atom is -0.452 e.